The van der Waals surface area contributed by atoms with Gasteiger partial charge in [0.15, 0.2) is 0 Å². The summed E-state index contributed by atoms with van der Waals surface area (Å²) in [7, 11) is 1.40. The van der Waals surface area contributed by atoms with Gasteiger partial charge in [-0.2, -0.15) is 0 Å². The third kappa shape index (κ3) is 5.13. The summed E-state index contributed by atoms with van der Waals surface area (Å²) in [5.41, 5.74) is -0.0590. The van der Waals surface area contributed by atoms with Crippen molar-refractivity contribution in [2.24, 2.45) is 0 Å². The van der Waals surface area contributed by atoms with Gasteiger partial charge in [-0.25, -0.2) is 0 Å². The number of methoxy groups -OCH3 is 1. The molecule has 0 bridgehead atoms. The molecule has 6 heteroatoms. The van der Waals surface area contributed by atoms with Gasteiger partial charge in [-0.3, -0.25) is 10.1 Å². The normalized spacial score (nSPS) is 10.5. The standard InChI is InChI=1S/C13H20N2O4/c1-10(2)14-7-4-8-19-11-5-6-12(15(16)17)13(9-11)18-3/h5-6,9-10,14H,4,7-8H2,1-3H3. The number of rotatable bonds is 8. The molecule has 0 amide bonds. The van der Waals surface area contributed by atoms with E-state index in [1.54, 1.807) is 6.07 Å². The summed E-state index contributed by atoms with van der Waals surface area (Å²) < 4.78 is 10.5. The van der Waals surface area contributed by atoms with Crippen molar-refractivity contribution in [2.45, 2.75) is 26.3 Å². The highest BCUT2D eigenvalue weighted by molar-refractivity contribution is 5.50. The minimum absolute atomic E-state index is 0.0590. The molecule has 0 heterocycles. The lowest BCUT2D eigenvalue weighted by atomic mass is 10.3. The van der Waals surface area contributed by atoms with Gasteiger partial charge in [-0.05, 0) is 19.0 Å². The van der Waals surface area contributed by atoms with E-state index in [-0.39, 0.29) is 11.4 Å². The van der Waals surface area contributed by atoms with Crippen LogP contribution in [0.4, 0.5) is 5.69 Å². The monoisotopic (exact) mass is 268 g/mol. The Morgan fingerprint density at radius 3 is 2.74 bits per heavy atom. The number of nitrogens with one attached hydrogen (secondary N) is 1. The second kappa shape index (κ2) is 7.58. The van der Waals surface area contributed by atoms with Crippen LogP contribution in [-0.2, 0) is 0 Å². The van der Waals surface area contributed by atoms with Crippen molar-refractivity contribution in [2.75, 3.05) is 20.3 Å². The summed E-state index contributed by atoms with van der Waals surface area (Å²) in [4.78, 5) is 10.3. The van der Waals surface area contributed by atoms with Crippen molar-refractivity contribution in [3.8, 4) is 11.5 Å². The number of nitro benzene ring substituents is 1. The highest BCUT2D eigenvalue weighted by atomic mass is 16.6. The fourth-order valence-electron chi connectivity index (χ4n) is 1.55. The largest absolute Gasteiger partial charge is 0.493 e. The summed E-state index contributed by atoms with van der Waals surface area (Å²) in [6.45, 7) is 5.60. The third-order valence-corrected chi connectivity index (χ3v) is 2.49. The van der Waals surface area contributed by atoms with Crippen LogP contribution < -0.4 is 14.8 Å². The number of hydrogen-bond acceptors (Lipinski definition) is 5. The van der Waals surface area contributed by atoms with Crippen molar-refractivity contribution in [1.82, 2.24) is 5.32 Å². The molecule has 0 aromatic heterocycles. The zero-order valence-corrected chi connectivity index (χ0v) is 11.5. The van der Waals surface area contributed by atoms with Gasteiger partial charge in [-0.15, -0.1) is 0 Å². The minimum Gasteiger partial charge on any atom is -0.493 e. The van der Waals surface area contributed by atoms with Gasteiger partial charge in [-0.1, -0.05) is 13.8 Å². The first-order chi connectivity index (χ1) is 9.04. The predicted octanol–water partition coefficient (Wildman–Crippen LogP) is 2.37. The Morgan fingerprint density at radius 2 is 2.16 bits per heavy atom. The first-order valence-corrected chi connectivity index (χ1v) is 6.23. The molecule has 6 nitrogen and oxygen atoms in total. The van der Waals surface area contributed by atoms with Gasteiger partial charge in [0.2, 0.25) is 5.75 Å². The van der Waals surface area contributed by atoms with Gasteiger partial charge in [0.25, 0.3) is 0 Å². The van der Waals surface area contributed by atoms with Gasteiger partial charge in [0.05, 0.1) is 18.6 Å². The molecule has 1 rings (SSSR count). The molecule has 1 N–H and O–H groups in total. The first-order valence-electron chi connectivity index (χ1n) is 6.23. The number of hydrogen-bond donors (Lipinski definition) is 1. The van der Waals surface area contributed by atoms with Gasteiger partial charge >= 0.3 is 5.69 Å². The molecule has 0 aliphatic carbocycles. The maximum atomic E-state index is 10.7. The Kier molecular flexibility index (Phi) is 6.08. The Labute approximate surface area is 112 Å². The molecule has 0 spiro atoms. The SMILES string of the molecule is COc1cc(OCCCNC(C)C)ccc1[N+](=O)[O-]. The van der Waals surface area contributed by atoms with Crippen LogP contribution in [0, 0.1) is 10.1 Å². The van der Waals surface area contributed by atoms with Gasteiger partial charge < -0.3 is 14.8 Å². The van der Waals surface area contributed by atoms with E-state index in [4.69, 9.17) is 9.47 Å². The van der Waals surface area contributed by atoms with Crippen LogP contribution in [0.1, 0.15) is 20.3 Å². The van der Waals surface area contributed by atoms with Crippen LogP contribution in [-0.4, -0.2) is 31.2 Å². The molecule has 0 saturated heterocycles. The van der Waals surface area contributed by atoms with Crippen LogP contribution in [0.25, 0.3) is 0 Å². The zero-order chi connectivity index (χ0) is 14.3. The number of ether oxygens (including phenoxy) is 2. The molecule has 0 atom stereocenters. The van der Waals surface area contributed by atoms with E-state index < -0.39 is 4.92 Å². The highest BCUT2D eigenvalue weighted by Crippen LogP contribution is 2.30. The molecule has 0 radical (unpaired) electrons. The average molecular weight is 268 g/mol. The Bertz CT molecular complexity index is 421. The van der Waals surface area contributed by atoms with E-state index in [9.17, 15) is 10.1 Å². The quantitative estimate of drug-likeness (QED) is 0.445. The van der Waals surface area contributed by atoms with E-state index >= 15 is 0 Å². The molecule has 0 fully saturated rings. The fraction of sp³-hybridized carbons (Fsp3) is 0.538. The molecular formula is C13H20N2O4. The van der Waals surface area contributed by atoms with Crippen molar-refractivity contribution < 1.29 is 14.4 Å². The molecule has 0 unspecified atom stereocenters. The lowest BCUT2D eigenvalue weighted by molar-refractivity contribution is -0.385. The molecule has 0 saturated carbocycles. The smallest absolute Gasteiger partial charge is 0.311 e. The van der Waals surface area contributed by atoms with Crippen LogP contribution in [0.2, 0.25) is 0 Å². The fourth-order valence-corrected chi connectivity index (χ4v) is 1.55. The van der Waals surface area contributed by atoms with E-state index in [1.165, 1.54) is 19.2 Å². The summed E-state index contributed by atoms with van der Waals surface area (Å²) >= 11 is 0. The van der Waals surface area contributed by atoms with Gasteiger partial charge in [0.1, 0.15) is 5.75 Å². The second-order valence-corrected chi connectivity index (χ2v) is 4.40. The number of nitro groups is 1. The highest BCUT2D eigenvalue weighted by Gasteiger charge is 2.14. The van der Waals surface area contributed by atoms with E-state index in [0.717, 1.165) is 13.0 Å². The predicted molar refractivity (Wildman–Crippen MR) is 72.9 cm³/mol. The van der Waals surface area contributed by atoms with E-state index in [0.29, 0.717) is 18.4 Å². The van der Waals surface area contributed by atoms with Crippen LogP contribution >= 0.6 is 0 Å². The molecule has 19 heavy (non-hydrogen) atoms. The molecule has 1 aromatic carbocycles. The van der Waals surface area contributed by atoms with Crippen LogP contribution in [0.5, 0.6) is 11.5 Å². The Hall–Kier alpha value is -1.82. The number of benzene rings is 1. The summed E-state index contributed by atoms with van der Waals surface area (Å²) in [5, 5.41) is 14.0. The molecular weight excluding hydrogens is 248 g/mol. The minimum atomic E-state index is -0.477. The second-order valence-electron chi connectivity index (χ2n) is 4.40. The Balaban J connectivity index is 2.49. The van der Waals surface area contributed by atoms with E-state index in [2.05, 4.69) is 19.2 Å². The molecule has 106 valence electrons. The third-order valence-electron chi connectivity index (χ3n) is 2.49. The topological polar surface area (TPSA) is 73.6 Å². The lowest BCUT2D eigenvalue weighted by Crippen LogP contribution is -2.24. The summed E-state index contributed by atoms with van der Waals surface area (Å²) in [6.07, 6.45) is 0.873. The first kappa shape index (κ1) is 15.2. The average Bonchev–Trinajstić information content (AvgIpc) is 2.37. The van der Waals surface area contributed by atoms with Crippen LogP contribution in [0.3, 0.4) is 0 Å². The maximum Gasteiger partial charge on any atom is 0.311 e. The molecule has 0 aliphatic heterocycles. The van der Waals surface area contributed by atoms with Crippen molar-refractivity contribution >= 4 is 5.69 Å². The number of nitrogens with zero attached hydrogens (tertiary/aromatic N) is 1. The van der Waals surface area contributed by atoms with Gasteiger partial charge in [0, 0.05) is 18.2 Å². The summed E-state index contributed by atoms with van der Waals surface area (Å²) in [5.74, 6) is 0.787. The molecule has 1 aromatic rings. The lowest BCUT2D eigenvalue weighted by Gasteiger charge is -2.10. The van der Waals surface area contributed by atoms with Crippen molar-refractivity contribution in [3.63, 3.8) is 0 Å². The van der Waals surface area contributed by atoms with Crippen LogP contribution in [0.15, 0.2) is 18.2 Å². The summed E-state index contributed by atoms with van der Waals surface area (Å²) in [6, 6.07) is 4.96. The maximum absolute atomic E-state index is 10.7. The zero-order valence-electron chi connectivity index (χ0n) is 11.5. The molecule has 0 aliphatic rings. The van der Waals surface area contributed by atoms with E-state index in [1.807, 2.05) is 0 Å². The Morgan fingerprint density at radius 1 is 1.42 bits per heavy atom. The van der Waals surface area contributed by atoms with Crippen molar-refractivity contribution in [3.05, 3.63) is 28.3 Å². The van der Waals surface area contributed by atoms with Crippen molar-refractivity contribution in [1.29, 1.82) is 0 Å².